The van der Waals surface area contributed by atoms with Crippen molar-refractivity contribution in [2.45, 2.75) is 18.9 Å². The van der Waals surface area contributed by atoms with Crippen molar-refractivity contribution in [3.63, 3.8) is 0 Å². The molecule has 1 heterocycles. The molecular formula is C15H21N3O. The molecule has 0 spiro atoms. The molecule has 2 atom stereocenters. The molecule has 19 heavy (non-hydrogen) atoms. The Hall–Kier alpha value is -1.68. The summed E-state index contributed by atoms with van der Waals surface area (Å²) < 4.78 is 0. The van der Waals surface area contributed by atoms with Crippen LogP contribution in [-0.2, 0) is 0 Å². The van der Waals surface area contributed by atoms with E-state index in [1.165, 1.54) is 6.21 Å². The predicted molar refractivity (Wildman–Crippen MR) is 76.7 cm³/mol. The highest BCUT2D eigenvalue weighted by Gasteiger charge is 2.25. The van der Waals surface area contributed by atoms with E-state index in [0.29, 0.717) is 5.56 Å². The van der Waals surface area contributed by atoms with Crippen molar-refractivity contribution >= 4 is 12.1 Å². The van der Waals surface area contributed by atoms with Gasteiger partial charge in [-0.3, -0.25) is 4.79 Å². The number of nitrogens with zero attached hydrogens (tertiary/aromatic N) is 1. The maximum Gasteiger partial charge on any atom is 0.251 e. The summed E-state index contributed by atoms with van der Waals surface area (Å²) in [7, 11) is 2.06. The molecule has 1 fully saturated rings. The minimum absolute atomic E-state index is 0.0257. The summed E-state index contributed by atoms with van der Waals surface area (Å²) in [6, 6.07) is 9.28. The Kier molecular flexibility index (Phi) is 4.68. The van der Waals surface area contributed by atoms with Crippen LogP contribution in [0.3, 0.4) is 0 Å². The summed E-state index contributed by atoms with van der Waals surface area (Å²) in [6.45, 7) is 1.83. The predicted octanol–water partition coefficient (Wildman–Crippen LogP) is 1.78. The summed E-state index contributed by atoms with van der Waals surface area (Å²) in [5.41, 5.74) is 0.679. The number of hydrogen-bond acceptors (Lipinski definition) is 3. The summed E-state index contributed by atoms with van der Waals surface area (Å²) in [6.07, 6.45) is 3.52. The van der Waals surface area contributed by atoms with Gasteiger partial charge in [0, 0.05) is 30.3 Å². The van der Waals surface area contributed by atoms with Crippen LogP contribution >= 0.6 is 0 Å². The molecule has 0 radical (unpaired) electrons. The second-order valence-electron chi connectivity index (χ2n) is 5.18. The number of carbonyl (C=O) groups excluding carboxylic acids is 1. The maximum absolute atomic E-state index is 12.2. The van der Waals surface area contributed by atoms with Crippen LogP contribution in [0.25, 0.3) is 0 Å². The van der Waals surface area contributed by atoms with E-state index in [1.807, 2.05) is 30.3 Å². The zero-order valence-electron chi connectivity index (χ0n) is 11.3. The number of hydrogen-bond donors (Lipinski definition) is 2. The standard InChI is InChI=1S/C15H21N3O/c1-18-9-5-8-13(10-16)14(11-18)17-15(19)12-6-3-2-4-7-12/h2-4,6-7,10,13-14,16H,5,8-9,11H2,1H3,(H,17,19). The Morgan fingerprint density at radius 3 is 2.84 bits per heavy atom. The highest BCUT2D eigenvalue weighted by atomic mass is 16.1. The van der Waals surface area contributed by atoms with Gasteiger partial charge in [-0.2, -0.15) is 0 Å². The van der Waals surface area contributed by atoms with E-state index in [9.17, 15) is 4.79 Å². The van der Waals surface area contributed by atoms with Crippen molar-refractivity contribution in [1.29, 1.82) is 5.41 Å². The number of likely N-dealkylation sites (N-methyl/N-ethyl adjacent to an activating group) is 1. The molecule has 4 nitrogen and oxygen atoms in total. The molecule has 0 aromatic heterocycles. The lowest BCUT2D eigenvalue weighted by molar-refractivity contribution is 0.0923. The van der Waals surface area contributed by atoms with Gasteiger partial charge < -0.3 is 15.6 Å². The molecule has 0 saturated carbocycles. The molecular weight excluding hydrogens is 238 g/mol. The molecule has 1 aliphatic heterocycles. The zero-order valence-corrected chi connectivity index (χ0v) is 11.3. The number of amides is 1. The monoisotopic (exact) mass is 259 g/mol. The topological polar surface area (TPSA) is 56.2 Å². The first kappa shape index (κ1) is 13.7. The number of rotatable bonds is 3. The zero-order chi connectivity index (χ0) is 13.7. The van der Waals surface area contributed by atoms with Crippen molar-refractivity contribution in [2.75, 3.05) is 20.1 Å². The Morgan fingerprint density at radius 2 is 2.16 bits per heavy atom. The van der Waals surface area contributed by atoms with E-state index in [4.69, 9.17) is 5.41 Å². The number of likely N-dealkylation sites (tertiary alicyclic amines) is 1. The van der Waals surface area contributed by atoms with Gasteiger partial charge in [-0.1, -0.05) is 18.2 Å². The average Bonchev–Trinajstić information content (AvgIpc) is 2.60. The minimum Gasteiger partial charge on any atom is -0.347 e. The van der Waals surface area contributed by atoms with Gasteiger partial charge in [0.2, 0.25) is 0 Å². The normalized spacial score (nSPS) is 24.5. The molecule has 0 aliphatic carbocycles. The van der Waals surface area contributed by atoms with Crippen molar-refractivity contribution in [3.8, 4) is 0 Å². The Bertz CT molecular complexity index is 432. The molecule has 102 valence electrons. The van der Waals surface area contributed by atoms with Crippen LogP contribution in [0.2, 0.25) is 0 Å². The molecule has 4 heteroatoms. The summed E-state index contributed by atoms with van der Waals surface area (Å²) >= 11 is 0. The smallest absolute Gasteiger partial charge is 0.251 e. The van der Waals surface area contributed by atoms with Gasteiger partial charge in [0.25, 0.3) is 5.91 Å². The Balaban J connectivity index is 2.06. The fourth-order valence-electron chi connectivity index (χ4n) is 2.55. The van der Waals surface area contributed by atoms with E-state index in [-0.39, 0.29) is 17.9 Å². The van der Waals surface area contributed by atoms with E-state index in [0.717, 1.165) is 25.9 Å². The molecule has 2 N–H and O–H groups in total. The average molecular weight is 259 g/mol. The van der Waals surface area contributed by atoms with Crippen molar-refractivity contribution in [3.05, 3.63) is 35.9 Å². The van der Waals surface area contributed by atoms with Gasteiger partial charge >= 0.3 is 0 Å². The number of nitrogens with one attached hydrogen (secondary N) is 2. The van der Waals surface area contributed by atoms with Crippen LogP contribution in [0.4, 0.5) is 0 Å². The molecule has 1 amide bonds. The van der Waals surface area contributed by atoms with Crippen LogP contribution in [0, 0.1) is 11.3 Å². The van der Waals surface area contributed by atoms with E-state index < -0.39 is 0 Å². The molecule has 1 aromatic rings. The van der Waals surface area contributed by atoms with Gasteiger partial charge in [-0.05, 0) is 38.6 Å². The number of benzene rings is 1. The largest absolute Gasteiger partial charge is 0.347 e. The van der Waals surface area contributed by atoms with Crippen molar-refractivity contribution in [2.24, 2.45) is 5.92 Å². The van der Waals surface area contributed by atoms with Gasteiger partial charge in [-0.25, -0.2) is 0 Å². The van der Waals surface area contributed by atoms with Crippen LogP contribution in [0.15, 0.2) is 30.3 Å². The molecule has 2 rings (SSSR count). The molecule has 1 aliphatic rings. The first-order valence-corrected chi connectivity index (χ1v) is 6.75. The Morgan fingerprint density at radius 1 is 1.42 bits per heavy atom. The lowest BCUT2D eigenvalue weighted by Gasteiger charge is -2.25. The molecule has 0 bridgehead atoms. The fourth-order valence-corrected chi connectivity index (χ4v) is 2.55. The second-order valence-corrected chi connectivity index (χ2v) is 5.18. The maximum atomic E-state index is 12.2. The third-order valence-corrected chi connectivity index (χ3v) is 3.67. The van der Waals surface area contributed by atoms with Crippen molar-refractivity contribution < 1.29 is 4.79 Å². The van der Waals surface area contributed by atoms with Gasteiger partial charge in [0.1, 0.15) is 0 Å². The highest BCUT2D eigenvalue weighted by molar-refractivity contribution is 5.94. The van der Waals surface area contributed by atoms with Gasteiger partial charge in [0.15, 0.2) is 0 Å². The molecule has 1 aromatic carbocycles. The first-order valence-electron chi connectivity index (χ1n) is 6.75. The summed E-state index contributed by atoms with van der Waals surface area (Å²) in [4.78, 5) is 14.4. The number of carbonyl (C=O) groups is 1. The lowest BCUT2D eigenvalue weighted by atomic mass is 9.96. The highest BCUT2D eigenvalue weighted by Crippen LogP contribution is 2.16. The SMILES string of the molecule is CN1CCCC(C=N)C(NC(=O)c2ccccc2)C1. The van der Waals surface area contributed by atoms with E-state index in [1.54, 1.807) is 0 Å². The van der Waals surface area contributed by atoms with Gasteiger partial charge in [-0.15, -0.1) is 0 Å². The molecule has 2 unspecified atom stereocenters. The second kappa shape index (κ2) is 6.48. The molecule has 1 saturated heterocycles. The first-order chi connectivity index (χ1) is 9.20. The van der Waals surface area contributed by atoms with E-state index in [2.05, 4.69) is 17.3 Å². The summed E-state index contributed by atoms with van der Waals surface area (Å²) in [5, 5.41) is 10.6. The third kappa shape index (κ3) is 3.64. The van der Waals surface area contributed by atoms with E-state index >= 15 is 0 Å². The fraction of sp³-hybridized carbons (Fsp3) is 0.467. The van der Waals surface area contributed by atoms with Gasteiger partial charge in [0.05, 0.1) is 0 Å². The van der Waals surface area contributed by atoms with Crippen molar-refractivity contribution in [1.82, 2.24) is 10.2 Å². The van der Waals surface area contributed by atoms with Crippen LogP contribution in [0.1, 0.15) is 23.2 Å². The minimum atomic E-state index is -0.0484. The van der Waals surface area contributed by atoms with Crippen LogP contribution in [0.5, 0.6) is 0 Å². The quantitative estimate of drug-likeness (QED) is 0.813. The lowest BCUT2D eigenvalue weighted by Crippen LogP contribution is -2.46. The summed E-state index contributed by atoms with van der Waals surface area (Å²) in [5.74, 6) is 0.0883. The third-order valence-electron chi connectivity index (χ3n) is 3.67. The Labute approximate surface area is 114 Å². The van der Waals surface area contributed by atoms with Crippen LogP contribution < -0.4 is 5.32 Å². The van der Waals surface area contributed by atoms with Crippen LogP contribution in [-0.4, -0.2) is 43.2 Å².